The second-order valence-corrected chi connectivity index (χ2v) is 4.93. The second-order valence-electron chi connectivity index (χ2n) is 4.93. The number of rotatable bonds is 4. The van der Waals surface area contributed by atoms with Crippen LogP contribution in [0.15, 0.2) is 24.3 Å². The molecule has 1 unspecified atom stereocenters. The van der Waals surface area contributed by atoms with Crippen molar-refractivity contribution in [1.82, 2.24) is 5.32 Å². The summed E-state index contributed by atoms with van der Waals surface area (Å²) in [4.78, 5) is 0. The van der Waals surface area contributed by atoms with Crippen LogP contribution in [0.3, 0.4) is 0 Å². The summed E-state index contributed by atoms with van der Waals surface area (Å²) in [6.45, 7) is 0. The Bertz CT molecular complexity index is 396. The zero-order chi connectivity index (χ0) is 13.9. The van der Waals surface area contributed by atoms with Gasteiger partial charge in [-0.3, -0.25) is 0 Å². The van der Waals surface area contributed by atoms with Crippen molar-refractivity contribution in [2.45, 2.75) is 38.1 Å². The highest BCUT2D eigenvalue weighted by molar-refractivity contribution is 5.29. The molecule has 1 N–H and O–H groups in total. The van der Waals surface area contributed by atoms with E-state index >= 15 is 0 Å². The topological polar surface area (TPSA) is 21.3 Å². The molecular formula is C14H18F3NO. The maximum atomic E-state index is 12.1. The summed E-state index contributed by atoms with van der Waals surface area (Å²) in [5, 5.41) is 3.26. The Balaban J connectivity index is 2.07. The van der Waals surface area contributed by atoms with Crippen molar-refractivity contribution in [2.75, 3.05) is 7.05 Å². The molecule has 106 valence electrons. The summed E-state index contributed by atoms with van der Waals surface area (Å²) in [7, 11) is 1.89. The fraction of sp³-hybridized carbons (Fsp3) is 0.571. The second kappa shape index (κ2) is 5.82. The zero-order valence-corrected chi connectivity index (χ0v) is 10.8. The summed E-state index contributed by atoms with van der Waals surface area (Å²) in [6, 6.07) is 6.38. The fourth-order valence-corrected chi connectivity index (χ4v) is 2.84. The molecular weight excluding hydrogens is 255 g/mol. The third-order valence-corrected chi connectivity index (χ3v) is 3.66. The first kappa shape index (κ1) is 14.2. The van der Waals surface area contributed by atoms with Gasteiger partial charge in [-0.05, 0) is 43.5 Å². The molecule has 0 radical (unpaired) electrons. The lowest BCUT2D eigenvalue weighted by Crippen LogP contribution is -2.23. The van der Waals surface area contributed by atoms with E-state index in [0.717, 1.165) is 5.56 Å². The van der Waals surface area contributed by atoms with Crippen LogP contribution in [0.25, 0.3) is 0 Å². The van der Waals surface area contributed by atoms with E-state index in [-0.39, 0.29) is 11.8 Å². The predicted octanol–water partition coefficient (Wildman–Crippen LogP) is 4.04. The molecule has 0 amide bonds. The zero-order valence-electron chi connectivity index (χ0n) is 10.8. The molecule has 2 nitrogen and oxygen atoms in total. The van der Waals surface area contributed by atoms with E-state index in [1.165, 1.54) is 37.8 Å². The number of alkyl halides is 3. The van der Waals surface area contributed by atoms with Crippen molar-refractivity contribution in [2.24, 2.45) is 5.92 Å². The Hall–Kier alpha value is -1.23. The van der Waals surface area contributed by atoms with Gasteiger partial charge in [-0.15, -0.1) is 13.2 Å². The number of benzene rings is 1. The van der Waals surface area contributed by atoms with Crippen LogP contribution < -0.4 is 10.1 Å². The van der Waals surface area contributed by atoms with Gasteiger partial charge in [0.1, 0.15) is 5.75 Å². The van der Waals surface area contributed by atoms with Gasteiger partial charge in [-0.2, -0.15) is 0 Å². The molecule has 0 bridgehead atoms. The Morgan fingerprint density at radius 3 is 2.21 bits per heavy atom. The van der Waals surface area contributed by atoms with Crippen LogP contribution in [0.5, 0.6) is 5.75 Å². The summed E-state index contributed by atoms with van der Waals surface area (Å²) in [6.07, 6.45) is 0.185. The lowest BCUT2D eigenvalue weighted by atomic mass is 9.92. The summed E-state index contributed by atoms with van der Waals surface area (Å²) in [5.74, 6) is 0.400. The van der Waals surface area contributed by atoms with Gasteiger partial charge in [0.2, 0.25) is 0 Å². The molecule has 0 aromatic heterocycles. The van der Waals surface area contributed by atoms with Crippen LogP contribution in [0.4, 0.5) is 13.2 Å². The maximum Gasteiger partial charge on any atom is 0.573 e. The number of ether oxygens (including phenoxy) is 1. The smallest absolute Gasteiger partial charge is 0.406 e. The van der Waals surface area contributed by atoms with E-state index in [0.29, 0.717) is 5.92 Å². The van der Waals surface area contributed by atoms with Gasteiger partial charge in [0.25, 0.3) is 0 Å². The van der Waals surface area contributed by atoms with Crippen LogP contribution in [0.2, 0.25) is 0 Å². The standard InChI is InChI=1S/C14H18F3NO/c1-18-13(10-4-2-3-5-10)11-6-8-12(9-7-11)19-14(15,16)17/h6-10,13,18H,2-5H2,1H3. The molecule has 0 saturated heterocycles. The van der Waals surface area contributed by atoms with Crippen LogP contribution in [-0.4, -0.2) is 13.4 Å². The molecule has 1 atom stereocenters. The van der Waals surface area contributed by atoms with Crippen molar-refractivity contribution in [3.8, 4) is 5.75 Å². The molecule has 5 heteroatoms. The van der Waals surface area contributed by atoms with E-state index in [4.69, 9.17) is 0 Å². The van der Waals surface area contributed by atoms with Crippen molar-refractivity contribution >= 4 is 0 Å². The summed E-state index contributed by atoms with van der Waals surface area (Å²) >= 11 is 0. The SMILES string of the molecule is CNC(c1ccc(OC(F)(F)F)cc1)C1CCCC1. The van der Waals surface area contributed by atoms with Gasteiger partial charge in [0, 0.05) is 6.04 Å². The highest BCUT2D eigenvalue weighted by atomic mass is 19.4. The molecule has 1 fully saturated rings. The van der Waals surface area contributed by atoms with Crippen LogP contribution >= 0.6 is 0 Å². The molecule has 1 aromatic rings. The Morgan fingerprint density at radius 2 is 1.74 bits per heavy atom. The molecule has 1 aliphatic rings. The summed E-state index contributed by atoms with van der Waals surface area (Å²) < 4.78 is 40.1. The van der Waals surface area contributed by atoms with Crippen molar-refractivity contribution in [3.05, 3.63) is 29.8 Å². The van der Waals surface area contributed by atoms with E-state index < -0.39 is 6.36 Å². The first-order valence-corrected chi connectivity index (χ1v) is 6.52. The number of halogens is 3. The largest absolute Gasteiger partial charge is 0.573 e. The van der Waals surface area contributed by atoms with Gasteiger partial charge in [0.05, 0.1) is 0 Å². The molecule has 1 saturated carbocycles. The third kappa shape index (κ3) is 3.86. The molecule has 0 aliphatic heterocycles. The molecule has 0 spiro atoms. The van der Waals surface area contributed by atoms with Gasteiger partial charge in [-0.25, -0.2) is 0 Å². The average molecular weight is 273 g/mol. The molecule has 1 aliphatic carbocycles. The number of hydrogen-bond acceptors (Lipinski definition) is 2. The Morgan fingerprint density at radius 1 is 1.16 bits per heavy atom. The van der Waals surface area contributed by atoms with E-state index in [1.807, 2.05) is 7.05 Å². The fourth-order valence-electron chi connectivity index (χ4n) is 2.84. The minimum Gasteiger partial charge on any atom is -0.406 e. The monoisotopic (exact) mass is 273 g/mol. The minimum absolute atomic E-state index is 0.169. The Labute approximate surface area is 111 Å². The Kier molecular flexibility index (Phi) is 4.34. The number of nitrogens with one attached hydrogen (secondary N) is 1. The lowest BCUT2D eigenvalue weighted by molar-refractivity contribution is -0.274. The van der Waals surface area contributed by atoms with Crippen LogP contribution in [-0.2, 0) is 0 Å². The highest BCUT2D eigenvalue weighted by Crippen LogP contribution is 2.36. The van der Waals surface area contributed by atoms with Gasteiger partial charge in [0.15, 0.2) is 0 Å². The lowest BCUT2D eigenvalue weighted by Gasteiger charge is -2.23. The van der Waals surface area contributed by atoms with Crippen molar-refractivity contribution in [1.29, 1.82) is 0 Å². The van der Waals surface area contributed by atoms with E-state index in [1.54, 1.807) is 12.1 Å². The van der Waals surface area contributed by atoms with Crippen LogP contribution in [0.1, 0.15) is 37.3 Å². The third-order valence-electron chi connectivity index (χ3n) is 3.66. The van der Waals surface area contributed by atoms with E-state index in [2.05, 4.69) is 10.1 Å². The average Bonchev–Trinajstić information content (AvgIpc) is 2.84. The predicted molar refractivity (Wildman–Crippen MR) is 66.9 cm³/mol. The van der Waals surface area contributed by atoms with Crippen LogP contribution in [0, 0.1) is 5.92 Å². The first-order valence-electron chi connectivity index (χ1n) is 6.52. The van der Waals surface area contributed by atoms with Gasteiger partial charge in [-0.1, -0.05) is 25.0 Å². The van der Waals surface area contributed by atoms with Crippen molar-refractivity contribution < 1.29 is 17.9 Å². The van der Waals surface area contributed by atoms with Gasteiger partial charge >= 0.3 is 6.36 Å². The quantitative estimate of drug-likeness (QED) is 0.894. The number of hydrogen-bond donors (Lipinski definition) is 1. The molecule has 19 heavy (non-hydrogen) atoms. The normalized spacial score (nSPS) is 18.5. The van der Waals surface area contributed by atoms with E-state index in [9.17, 15) is 13.2 Å². The van der Waals surface area contributed by atoms with Gasteiger partial charge < -0.3 is 10.1 Å². The minimum atomic E-state index is -4.63. The maximum absolute atomic E-state index is 12.1. The molecule has 1 aromatic carbocycles. The highest BCUT2D eigenvalue weighted by Gasteiger charge is 2.31. The first-order chi connectivity index (χ1) is 8.99. The molecule has 2 rings (SSSR count). The van der Waals surface area contributed by atoms with Crippen molar-refractivity contribution in [3.63, 3.8) is 0 Å². The summed E-state index contributed by atoms with van der Waals surface area (Å²) in [5.41, 5.74) is 1.02. The molecule has 0 heterocycles.